The lowest BCUT2D eigenvalue weighted by Gasteiger charge is -2.31. The second-order valence-electron chi connectivity index (χ2n) is 7.77. The lowest BCUT2D eigenvalue weighted by molar-refractivity contribution is -0.999. The average molecular weight is 347 g/mol. The highest BCUT2D eigenvalue weighted by Crippen LogP contribution is 2.46. The zero-order valence-electron chi connectivity index (χ0n) is 15.0. The van der Waals surface area contributed by atoms with Crippen molar-refractivity contribution in [3.05, 3.63) is 18.2 Å². The van der Waals surface area contributed by atoms with Gasteiger partial charge in [0.15, 0.2) is 18.0 Å². The molecule has 6 nitrogen and oxygen atoms in total. The van der Waals surface area contributed by atoms with Crippen molar-refractivity contribution >= 4 is 11.6 Å². The summed E-state index contributed by atoms with van der Waals surface area (Å²) in [6.45, 7) is 4.92. The van der Waals surface area contributed by atoms with Crippen molar-refractivity contribution in [2.45, 2.75) is 37.9 Å². The summed E-state index contributed by atoms with van der Waals surface area (Å²) < 4.78 is 12.2. The number of anilines is 1. The van der Waals surface area contributed by atoms with Gasteiger partial charge in [-0.1, -0.05) is 6.42 Å². The molecule has 0 radical (unpaired) electrons. The Morgan fingerprint density at radius 1 is 1.08 bits per heavy atom. The number of fused-ring (bicyclic) bond motifs is 1. The molecule has 2 aliphatic heterocycles. The lowest BCUT2D eigenvalue weighted by Crippen LogP contribution is -3.27. The van der Waals surface area contributed by atoms with Gasteiger partial charge in [0.2, 0.25) is 0 Å². The molecule has 2 fully saturated rings. The van der Waals surface area contributed by atoms with Crippen LogP contribution in [0.15, 0.2) is 18.2 Å². The molecule has 1 saturated carbocycles. The highest BCUT2D eigenvalue weighted by Gasteiger charge is 2.42. The standard InChI is InChI=1S/C19H27N3O3/c1-21-9-11-22(12-10-21)14-18(23)20-15-5-6-16-17(13-15)25-19(24-16)7-3-2-4-8-19/h5-6,13H,2-4,7-12,14H2,1H3,(H,20,23)/p+2. The monoisotopic (exact) mass is 347 g/mol. The van der Waals surface area contributed by atoms with Crippen LogP contribution in [0.1, 0.15) is 32.1 Å². The van der Waals surface area contributed by atoms with Crippen molar-refractivity contribution in [1.82, 2.24) is 0 Å². The summed E-state index contributed by atoms with van der Waals surface area (Å²) in [6.07, 6.45) is 5.43. The fraction of sp³-hybridized carbons (Fsp3) is 0.632. The molecule has 136 valence electrons. The quantitative estimate of drug-likeness (QED) is 0.689. The van der Waals surface area contributed by atoms with E-state index in [-0.39, 0.29) is 5.91 Å². The van der Waals surface area contributed by atoms with Crippen LogP contribution in [0.4, 0.5) is 5.69 Å². The van der Waals surface area contributed by atoms with Gasteiger partial charge in [-0.15, -0.1) is 0 Å². The largest absolute Gasteiger partial charge is 0.448 e. The van der Waals surface area contributed by atoms with Gasteiger partial charge in [-0.3, -0.25) is 4.79 Å². The zero-order valence-corrected chi connectivity index (χ0v) is 15.0. The predicted octanol–water partition coefficient (Wildman–Crippen LogP) is -0.530. The fourth-order valence-corrected chi connectivity index (χ4v) is 4.11. The van der Waals surface area contributed by atoms with Gasteiger partial charge in [-0.05, 0) is 25.0 Å². The number of amides is 1. The molecule has 3 aliphatic rings. The molecule has 2 heterocycles. The van der Waals surface area contributed by atoms with Crippen LogP contribution in [0.2, 0.25) is 0 Å². The highest BCUT2D eigenvalue weighted by molar-refractivity contribution is 5.91. The summed E-state index contributed by atoms with van der Waals surface area (Å²) in [5.74, 6) is 1.17. The smallest absolute Gasteiger partial charge is 0.279 e. The van der Waals surface area contributed by atoms with Crippen LogP contribution in [0, 0.1) is 0 Å². The third-order valence-electron chi connectivity index (χ3n) is 5.66. The van der Waals surface area contributed by atoms with E-state index in [0.29, 0.717) is 6.54 Å². The van der Waals surface area contributed by atoms with Gasteiger partial charge in [0.05, 0.1) is 7.05 Å². The summed E-state index contributed by atoms with van der Waals surface area (Å²) in [5, 5.41) is 3.02. The topological polar surface area (TPSA) is 56.4 Å². The molecule has 1 amide bonds. The van der Waals surface area contributed by atoms with Gasteiger partial charge >= 0.3 is 0 Å². The minimum atomic E-state index is -0.463. The molecule has 1 aromatic carbocycles. The number of benzene rings is 1. The maximum atomic E-state index is 12.3. The van der Waals surface area contributed by atoms with E-state index in [0.717, 1.165) is 69.0 Å². The van der Waals surface area contributed by atoms with E-state index in [1.807, 2.05) is 18.2 Å². The molecule has 6 heteroatoms. The number of piperazine rings is 1. The molecule has 1 saturated heterocycles. The molecule has 0 unspecified atom stereocenters. The van der Waals surface area contributed by atoms with E-state index in [2.05, 4.69) is 12.4 Å². The van der Waals surface area contributed by atoms with Crippen LogP contribution >= 0.6 is 0 Å². The Labute approximate surface area is 149 Å². The van der Waals surface area contributed by atoms with E-state index in [4.69, 9.17) is 9.47 Å². The second-order valence-corrected chi connectivity index (χ2v) is 7.77. The van der Waals surface area contributed by atoms with Crippen LogP contribution in [0.25, 0.3) is 0 Å². The van der Waals surface area contributed by atoms with E-state index >= 15 is 0 Å². The van der Waals surface area contributed by atoms with Crippen LogP contribution in [-0.4, -0.2) is 51.5 Å². The fourth-order valence-electron chi connectivity index (χ4n) is 4.11. The average Bonchev–Trinajstić information content (AvgIpc) is 2.94. The molecule has 4 rings (SSSR count). The first-order valence-corrected chi connectivity index (χ1v) is 9.59. The van der Waals surface area contributed by atoms with Crippen LogP contribution in [0.5, 0.6) is 11.5 Å². The number of rotatable bonds is 3. The van der Waals surface area contributed by atoms with Crippen LogP contribution in [0.3, 0.4) is 0 Å². The van der Waals surface area contributed by atoms with Gasteiger partial charge in [-0.2, -0.15) is 0 Å². The van der Waals surface area contributed by atoms with Gasteiger partial charge in [0.1, 0.15) is 26.2 Å². The van der Waals surface area contributed by atoms with Crippen molar-refractivity contribution in [2.24, 2.45) is 0 Å². The number of hydrogen-bond donors (Lipinski definition) is 3. The molecule has 0 atom stereocenters. The van der Waals surface area contributed by atoms with Gasteiger partial charge in [-0.25, -0.2) is 0 Å². The number of ether oxygens (including phenoxy) is 2. The van der Waals surface area contributed by atoms with Crippen molar-refractivity contribution in [3.8, 4) is 11.5 Å². The van der Waals surface area contributed by atoms with Crippen molar-refractivity contribution in [3.63, 3.8) is 0 Å². The molecular formula is C19H29N3O3+2. The van der Waals surface area contributed by atoms with Gasteiger partial charge in [0, 0.05) is 24.6 Å². The molecule has 3 N–H and O–H groups in total. The first-order chi connectivity index (χ1) is 12.1. The van der Waals surface area contributed by atoms with E-state index in [1.54, 1.807) is 4.90 Å². The molecule has 0 aromatic heterocycles. The summed E-state index contributed by atoms with van der Waals surface area (Å²) in [6, 6.07) is 5.73. The third kappa shape index (κ3) is 3.75. The predicted molar refractivity (Wildman–Crippen MR) is 94.3 cm³/mol. The second kappa shape index (κ2) is 6.84. The molecule has 1 aliphatic carbocycles. The molecular weight excluding hydrogens is 318 g/mol. The summed E-state index contributed by atoms with van der Waals surface area (Å²) in [4.78, 5) is 15.3. The van der Waals surface area contributed by atoms with Crippen molar-refractivity contribution < 1.29 is 24.1 Å². The summed E-state index contributed by atoms with van der Waals surface area (Å²) in [7, 11) is 2.21. The normalized spacial score (nSPS) is 27.2. The first-order valence-electron chi connectivity index (χ1n) is 9.59. The molecule has 0 bridgehead atoms. The van der Waals surface area contributed by atoms with E-state index in [9.17, 15) is 4.79 Å². The molecule has 1 spiro atoms. The lowest BCUT2D eigenvalue weighted by atomic mass is 9.94. The summed E-state index contributed by atoms with van der Waals surface area (Å²) >= 11 is 0. The summed E-state index contributed by atoms with van der Waals surface area (Å²) in [5.41, 5.74) is 0.791. The van der Waals surface area contributed by atoms with Gasteiger partial charge < -0.3 is 24.6 Å². The number of carbonyl (C=O) groups is 1. The third-order valence-corrected chi connectivity index (χ3v) is 5.66. The minimum Gasteiger partial charge on any atom is -0.448 e. The Kier molecular flexibility index (Phi) is 4.56. The Morgan fingerprint density at radius 3 is 2.56 bits per heavy atom. The number of hydrogen-bond acceptors (Lipinski definition) is 3. The molecule has 1 aromatic rings. The maximum Gasteiger partial charge on any atom is 0.279 e. The SMILES string of the molecule is C[NH+]1CC[NH+](CC(=O)Nc2ccc3c(c2)OC2(CCCCC2)O3)CC1. The van der Waals surface area contributed by atoms with Crippen LogP contribution < -0.4 is 24.6 Å². The first kappa shape index (κ1) is 16.7. The Bertz CT molecular complexity index is 635. The maximum absolute atomic E-state index is 12.3. The van der Waals surface area contributed by atoms with Crippen LogP contribution in [-0.2, 0) is 4.79 Å². The van der Waals surface area contributed by atoms with E-state index < -0.39 is 5.79 Å². The minimum absolute atomic E-state index is 0.0702. The zero-order chi connectivity index (χ0) is 17.3. The van der Waals surface area contributed by atoms with Gasteiger partial charge in [0.25, 0.3) is 11.7 Å². The highest BCUT2D eigenvalue weighted by atomic mass is 16.7. The van der Waals surface area contributed by atoms with Crippen molar-refractivity contribution in [2.75, 3.05) is 45.1 Å². The number of carbonyl (C=O) groups excluding carboxylic acids is 1. The number of quaternary nitrogens is 2. The number of nitrogens with one attached hydrogen (secondary N) is 3. The molecule has 25 heavy (non-hydrogen) atoms. The Morgan fingerprint density at radius 2 is 1.80 bits per heavy atom. The van der Waals surface area contributed by atoms with E-state index in [1.165, 1.54) is 11.3 Å². The Balaban J connectivity index is 1.35. The number of likely N-dealkylation sites (N-methyl/N-ethyl adjacent to an activating group) is 1. The Hall–Kier alpha value is -1.79. The van der Waals surface area contributed by atoms with Crippen molar-refractivity contribution in [1.29, 1.82) is 0 Å².